The number of carbonyl (C=O) groups is 4. The van der Waals surface area contributed by atoms with Crippen molar-refractivity contribution in [3.8, 4) is 0 Å². The zero-order valence-electron chi connectivity index (χ0n) is 17.7. The van der Waals surface area contributed by atoms with E-state index in [2.05, 4.69) is 0 Å². The predicted octanol–water partition coefficient (Wildman–Crippen LogP) is 3.99. The van der Waals surface area contributed by atoms with Gasteiger partial charge in [0.15, 0.2) is 6.61 Å². The lowest BCUT2D eigenvalue weighted by Gasteiger charge is -2.14. The van der Waals surface area contributed by atoms with Gasteiger partial charge in [0, 0.05) is 12.1 Å². The van der Waals surface area contributed by atoms with Crippen molar-refractivity contribution in [2.75, 3.05) is 13.2 Å². The molecule has 0 saturated heterocycles. The summed E-state index contributed by atoms with van der Waals surface area (Å²) < 4.78 is 5.16. The van der Waals surface area contributed by atoms with Crippen molar-refractivity contribution in [1.29, 1.82) is 0 Å². The maximum Gasteiger partial charge on any atom is 0.338 e. The number of carbonyl (C=O) groups excluding carboxylic acids is 4. The molecule has 6 heteroatoms. The number of fused-ring (bicyclic) bond motifs is 1. The SMILES string of the molecule is Cc1ccc(C(=O)COC(=O)c2ccc3c(c2)C(=O)N(CCC(C)C)C3=O)c(C)c1. The Morgan fingerprint density at radius 2 is 1.67 bits per heavy atom. The van der Waals surface area contributed by atoms with Gasteiger partial charge in [-0.25, -0.2) is 4.79 Å². The van der Waals surface area contributed by atoms with Gasteiger partial charge in [0.2, 0.25) is 5.78 Å². The van der Waals surface area contributed by atoms with Crippen LogP contribution in [0.2, 0.25) is 0 Å². The fraction of sp³-hybridized carbons (Fsp3) is 0.333. The van der Waals surface area contributed by atoms with E-state index in [0.717, 1.165) is 11.1 Å². The summed E-state index contributed by atoms with van der Waals surface area (Å²) in [6.07, 6.45) is 0.709. The summed E-state index contributed by atoms with van der Waals surface area (Å²) in [5, 5.41) is 0. The maximum atomic E-state index is 12.6. The van der Waals surface area contributed by atoms with Gasteiger partial charge in [-0.2, -0.15) is 0 Å². The number of nitrogens with zero attached hydrogens (tertiary/aromatic N) is 1. The molecule has 1 aliphatic rings. The van der Waals surface area contributed by atoms with Crippen LogP contribution in [-0.4, -0.2) is 41.6 Å². The molecule has 0 aromatic heterocycles. The van der Waals surface area contributed by atoms with Crippen molar-refractivity contribution in [2.45, 2.75) is 34.1 Å². The van der Waals surface area contributed by atoms with Crippen LogP contribution >= 0.6 is 0 Å². The van der Waals surface area contributed by atoms with Crippen molar-refractivity contribution in [3.05, 3.63) is 69.8 Å². The summed E-state index contributed by atoms with van der Waals surface area (Å²) in [6, 6.07) is 9.72. The molecule has 2 aromatic rings. The topological polar surface area (TPSA) is 80.8 Å². The van der Waals surface area contributed by atoms with Gasteiger partial charge in [-0.15, -0.1) is 0 Å². The van der Waals surface area contributed by atoms with Crippen LogP contribution in [0.4, 0.5) is 0 Å². The molecule has 6 nitrogen and oxygen atoms in total. The lowest BCUT2D eigenvalue weighted by molar-refractivity contribution is 0.0474. The molecule has 0 bridgehead atoms. The minimum absolute atomic E-state index is 0.133. The molecule has 1 heterocycles. The number of ether oxygens (including phenoxy) is 1. The Hall–Kier alpha value is -3.28. The molecule has 0 unspecified atom stereocenters. The fourth-order valence-electron chi connectivity index (χ4n) is 3.43. The molecule has 0 spiro atoms. The molecule has 156 valence electrons. The second-order valence-corrected chi connectivity index (χ2v) is 8.02. The Balaban J connectivity index is 1.69. The first-order chi connectivity index (χ1) is 14.2. The first kappa shape index (κ1) is 21.4. The van der Waals surface area contributed by atoms with E-state index in [9.17, 15) is 19.2 Å². The summed E-state index contributed by atoms with van der Waals surface area (Å²) in [5.41, 5.74) is 2.98. The van der Waals surface area contributed by atoms with Crippen molar-refractivity contribution in [2.24, 2.45) is 5.92 Å². The van der Waals surface area contributed by atoms with Gasteiger partial charge in [-0.1, -0.05) is 37.6 Å². The zero-order chi connectivity index (χ0) is 22.0. The van der Waals surface area contributed by atoms with E-state index in [1.165, 1.54) is 23.1 Å². The monoisotopic (exact) mass is 407 g/mol. The highest BCUT2D eigenvalue weighted by Gasteiger charge is 2.35. The number of esters is 1. The maximum absolute atomic E-state index is 12.6. The zero-order valence-corrected chi connectivity index (χ0v) is 17.7. The number of hydrogen-bond acceptors (Lipinski definition) is 5. The number of hydrogen-bond donors (Lipinski definition) is 0. The Bertz CT molecular complexity index is 1040. The van der Waals surface area contributed by atoms with Crippen LogP contribution < -0.4 is 0 Å². The number of aryl methyl sites for hydroxylation is 2. The molecular weight excluding hydrogens is 382 g/mol. The number of amides is 2. The molecule has 0 aliphatic carbocycles. The normalized spacial score (nSPS) is 13.0. The lowest BCUT2D eigenvalue weighted by Crippen LogP contribution is -2.31. The average molecular weight is 407 g/mol. The summed E-state index contributed by atoms with van der Waals surface area (Å²) in [6.45, 7) is 7.75. The third-order valence-corrected chi connectivity index (χ3v) is 5.15. The van der Waals surface area contributed by atoms with E-state index in [0.29, 0.717) is 24.4 Å². The molecule has 0 radical (unpaired) electrons. The largest absolute Gasteiger partial charge is 0.454 e. The number of benzene rings is 2. The summed E-state index contributed by atoms with van der Waals surface area (Å²) in [7, 11) is 0. The van der Waals surface area contributed by atoms with Crippen molar-refractivity contribution in [3.63, 3.8) is 0 Å². The molecule has 30 heavy (non-hydrogen) atoms. The molecule has 1 aliphatic heterocycles. The number of ketones is 1. The van der Waals surface area contributed by atoms with E-state index >= 15 is 0 Å². The summed E-state index contributed by atoms with van der Waals surface area (Å²) >= 11 is 0. The third-order valence-electron chi connectivity index (χ3n) is 5.15. The van der Waals surface area contributed by atoms with Crippen LogP contribution in [0, 0.1) is 19.8 Å². The van der Waals surface area contributed by atoms with Crippen LogP contribution in [-0.2, 0) is 4.74 Å². The Kier molecular flexibility index (Phi) is 6.15. The van der Waals surface area contributed by atoms with Gasteiger partial charge in [-0.05, 0) is 49.9 Å². The molecule has 3 rings (SSSR count). The average Bonchev–Trinajstić information content (AvgIpc) is 2.93. The van der Waals surface area contributed by atoms with Crippen LogP contribution in [0.1, 0.15) is 72.8 Å². The molecule has 2 amide bonds. The first-order valence-corrected chi connectivity index (χ1v) is 9.97. The molecule has 0 fully saturated rings. The Morgan fingerprint density at radius 1 is 0.967 bits per heavy atom. The number of rotatable bonds is 7. The quantitative estimate of drug-likeness (QED) is 0.394. The highest BCUT2D eigenvalue weighted by atomic mass is 16.5. The highest BCUT2D eigenvalue weighted by molar-refractivity contribution is 6.22. The van der Waals surface area contributed by atoms with Gasteiger partial charge in [0.05, 0.1) is 16.7 Å². The van der Waals surface area contributed by atoms with Gasteiger partial charge < -0.3 is 4.74 Å². The van der Waals surface area contributed by atoms with Crippen LogP contribution in [0.3, 0.4) is 0 Å². The second kappa shape index (κ2) is 8.61. The number of imide groups is 1. The summed E-state index contributed by atoms with van der Waals surface area (Å²) in [5.74, 6) is -1.41. The minimum atomic E-state index is -0.711. The van der Waals surface area contributed by atoms with Crippen molar-refractivity contribution in [1.82, 2.24) is 4.90 Å². The van der Waals surface area contributed by atoms with E-state index in [-0.39, 0.29) is 28.4 Å². The third kappa shape index (κ3) is 4.32. The second-order valence-electron chi connectivity index (χ2n) is 8.02. The van der Waals surface area contributed by atoms with E-state index < -0.39 is 18.5 Å². The Labute approximate surface area is 175 Å². The first-order valence-electron chi connectivity index (χ1n) is 9.97. The highest BCUT2D eigenvalue weighted by Crippen LogP contribution is 2.25. The van der Waals surface area contributed by atoms with Gasteiger partial charge in [-0.3, -0.25) is 19.3 Å². The van der Waals surface area contributed by atoms with Crippen molar-refractivity contribution < 1.29 is 23.9 Å². The molecule has 0 N–H and O–H groups in total. The van der Waals surface area contributed by atoms with Crippen molar-refractivity contribution >= 4 is 23.6 Å². The predicted molar refractivity (Wildman–Crippen MR) is 112 cm³/mol. The Morgan fingerprint density at radius 3 is 2.33 bits per heavy atom. The molecule has 0 saturated carbocycles. The molecular formula is C24H25NO5. The van der Waals surface area contributed by atoms with E-state index in [4.69, 9.17) is 4.74 Å². The smallest absolute Gasteiger partial charge is 0.338 e. The minimum Gasteiger partial charge on any atom is -0.454 e. The van der Waals surface area contributed by atoms with Gasteiger partial charge in [0.1, 0.15) is 0 Å². The summed E-state index contributed by atoms with van der Waals surface area (Å²) in [4.78, 5) is 51.1. The van der Waals surface area contributed by atoms with E-state index in [1.54, 1.807) is 6.07 Å². The van der Waals surface area contributed by atoms with Gasteiger partial charge in [0.25, 0.3) is 11.8 Å². The molecule has 0 atom stereocenters. The fourth-order valence-corrected chi connectivity index (χ4v) is 3.43. The number of Topliss-reactive ketones (excluding diaryl/α,β-unsaturated/α-hetero) is 1. The standard InChI is InChI=1S/C24H25NO5/c1-14(2)9-10-25-22(27)19-8-6-17(12-20(19)23(25)28)24(29)30-13-21(26)18-7-5-15(3)11-16(18)4/h5-8,11-12,14H,9-10,13H2,1-4H3. The van der Waals surface area contributed by atoms with Crippen LogP contribution in [0.25, 0.3) is 0 Å². The van der Waals surface area contributed by atoms with Crippen LogP contribution in [0.5, 0.6) is 0 Å². The lowest BCUT2D eigenvalue weighted by atomic mass is 10.0. The van der Waals surface area contributed by atoms with Gasteiger partial charge >= 0.3 is 5.97 Å². The van der Waals surface area contributed by atoms with Crippen LogP contribution in [0.15, 0.2) is 36.4 Å². The van der Waals surface area contributed by atoms with E-state index in [1.807, 2.05) is 39.8 Å². The molecule has 2 aromatic carbocycles.